The van der Waals surface area contributed by atoms with Crippen molar-refractivity contribution in [3.8, 4) is 5.88 Å². The Hall–Kier alpha value is -0.0300. The highest BCUT2D eigenvalue weighted by atomic mass is 127. The zero-order chi connectivity index (χ0) is 8.97. The topological polar surface area (TPSA) is 22.1 Å². The van der Waals surface area contributed by atoms with Crippen molar-refractivity contribution in [2.24, 2.45) is 0 Å². The van der Waals surface area contributed by atoms with E-state index in [-0.39, 0.29) is 0 Å². The van der Waals surface area contributed by atoms with Crippen LogP contribution in [0.4, 0.5) is 0 Å². The first-order valence-corrected chi connectivity index (χ1v) is 5.14. The Kier molecular flexibility index (Phi) is 4.08. The second-order valence-electron chi connectivity index (χ2n) is 2.26. The molecule has 0 aliphatic rings. The van der Waals surface area contributed by atoms with Crippen LogP contribution in [0.2, 0.25) is 5.02 Å². The molecule has 12 heavy (non-hydrogen) atoms. The molecule has 0 atom stereocenters. The molecule has 4 heteroatoms. The van der Waals surface area contributed by atoms with Crippen LogP contribution in [0.5, 0.6) is 5.88 Å². The Labute approximate surface area is 90.4 Å². The lowest BCUT2D eigenvalue weighted by atomic mass is 10.5. The van der Waals surface area contributed by atoms with Crippen molar-refractivity contribution in [2.45, 2.75) is 13.3 Å². The lowest BCUT2D eigenvalue weighted by molar-refractivity contribution is 0.303. The molecule has 0 fully saturated rings. The van der Waals surface area contributed by atoms with E-state index in [4.69, 9.17) is 16.3 Å². The first-order valence-electron chi connectivity index (χ1n) is 3.68. The Balaban J connectivity index is 2.78. The van der Waals surface area contributed by atoms with Gasteiger partial charge in [-0.3, -0.25) is 0 Å². The summed E-state index contributed by atoms with van der Waals surface area (Å²) in [5.41, 5.74) is 0. The third-order valence-corrected chi connectivity index (χ3v) is 2.93. The maximum atomic E-state index is 5.87. The van der Waals surface area contributed by atoms with Crippen molar-refractivity contribution in [3.63, 3.8) is 0 Å². The zero-order valence-corrected chi connectivity index (χ0v) is 9.59. The van der Waals surface area contributed by atoms with Crippen LogP contribution in [0.15, 0.2) is 12.3 Å². The van der Waals surface area contributed by atoms with E-state index in [1.807, 2.05) is 0 Å². The molecule has 66 valence electrons. The van der Waals surface area contributed by atoms with E-state index in [2.05, 4.69) is 34.5 Å². The number of halogens is 2. The van der Waals surface area contributed by atoms with Gasteiger partial charge in [0.15, 0.2) is 0 Å². The van der Waals surface area contributed by atoms with Crippen molar-refractivity contribution < 1.29 is 4.74 Å². The predicted molar refractivity (Wildman–Crippen MR) is 57.8 cm³/mol. The molecule has 0 unspecified atom stereocenters. The highest BCUT2D eigenvalue weighted by Crippen LogP contribution is 2.25. The van der Waals surface area contributed by atoms with Gasteiger partial charge in [-0.2, -0.15) is 0 Å². The number of ether oxygens (including phenoxy) is 1. The standard InChI is InChI=1S/C8H9ClINO/c1-2-5-12-8-7(10)6(9)3-4-11-8/h3-4H,2,5H2,1H3. The van der Waals surface area contributed by atoms with Crippen LogP contribution in [0.25, 0.3) is 0 Å². The molecule has 1 rings (SSSR count). The summed E-state index contributed by atoms with van der Waals surface area (Å²) in [6.45, 7) is 2.74. The average Bonchev–Trinajstić information content (AvgIpc) is 2.08. The summed E-state index contributed by atoms with van der Waals surface area (Å²) < 4.78 is 6.24. The molecule has 0 aromatic carbocycles. The summed E-state index contributed by atoms with van der Waals surface area (Å²) in [5.74, 6) is 0.630. The fourth-order valence-corrected chi connectivity index (χ4v) is 1.31. The van der Waals surface area contributed by atoms with Gasteiger partial charge in [-0.1, -0.05) is 18.5 Å². The number of nitrogens with zero attached hydrogens (tertiary/aromatic N) is 1. The van der Waals surface area contributed by atoms with Gasteiger partial charge in [0.1, 0.15) is 0 Å². The molecule has 0 radical (unpaired) electrons. The van der Waals surface area contributed by atoms with Crippen molar-refractivity contribution in [1.29, 1.82) is 0 Å². The van der Waals surface area contributed by atoms with Crippen LogP contribution in [0.1, 0.15) is 13.3 Å². The van der Waals surface area contributed by atoms with Crippen LogP contribution in [0, 0.1) is 3.57 Å². The van der Waals surface area contributed by atoms with Crippen molar-refractivity contribution in [3.05, 3.63) is 20.9 Å². The monoisotopic (exact) mass is 297 g/mol. The lowest BCUT2D eigenvalue weighted by Crippen LogP contribution is -1.99. The van der Waals surface area contributed by atoms with E-state index < -0.39 is 0 Å². The molecular weight excluding hydrogens is 288 g/mol. The number of hydrogen-bond donors (Lipinski definition) is 0. The van der Waals surface area contributed by atoms with E-state index in [1.54, 1.807) is 12.3 Å². The van der Waals surface area contributed by atoms with Crippen molar-refractivity contribution >= 4 is 34.2 Å². The highest BCUT2D eigenvalue weighted by molar-refractivity contribution is 14.1. The highest BCUT2D eigenvalue weighted by Gasteiger charge is 2.04. The maximum absolute atomic E-state index is 5.87. The quantitative estimate of drug-likeness (QED) is 0.800. The zero-order valence-electron chi connectivity index (χ0n) is 6.68. The number of rotatable bonds is 3. The maximum Gasteiger partial charge on any atom is 0.228 e. The molecule has 0 saturated carbocycles. The molecule has 2 nitrogen and oxygen atoms in total. The molecule has 0 spiro atoms. The first kappa shape index (κ1) is 10.1. The van der Waals surface area contributed by atoms with Crippen LogP contribution >= 0.6 is 34.2 Å². The molecule has 0 amide bonds. The summed E-state index contributed by atoms with van der Waals surface area (Å²) in [6.07, 6.45) is 2.62. The molecule has 1 aromatic heterocycles. The predicted octanol–water partition coefficient (Wildman–Crippen LogP) is 3.13. The summed E-state index contributed by atoms with van der Waals surface area (Å²) in [4.78, 5) is 4.06. The van der Waals surface area contributed by atoms with Crippen molar-refractivity contribution in [2.75, 3.05) is 6.61 Å². The molecule has 0 saturated heterocycles. The van der Waals surface area contributed by atoms with Crippen molar-refractivity contribution in [1.82, 2.24) is 4.98 Å². The van der Waals surface area contributed by atoms with Gasteiger partial charge in [0.25, 0.3) is 0 Å². The van der Waals surface area contributed by atoms with Crippen LogP contribution in [-0.2, 0) is 0 Å². The van der Waals surface area contributed by atoms with Gasteiger partial charge in [-0.15, -0.1) is 0 Å². The van der Waals surface area contributed by atoms with Gasteiger partial charge < -0.3 is 4.74 Å². The molecule has 1 aromatic rings. The van der Waals surface area contributed by atoms with E-state index >= 15 is 0 Å². The Morgan fingerprint density at radius 3 is 3.08 bits per heavy atom. The molecule has 0 N–H and O–H groups in total. The molecule has 0 aliphatic carbocycles. The normalized spacial score (nSPS) is 9.92. The van der Waals surface area contributed by atoms with Crippen LogP contribution in [0.3, 0.4) is 0 Å². The van der Waals surface area contributed by atoms with Gasteiger partial charge in [0.2, 0.25) is 5.88 Å². The molecule has 0 aliphatic heterocycles. The van der Waals surface area contributed by atoms with Gasteiger partial charge in [-0.25, -0.2) is 4.98 Å². The SMILES string of the molecule is CCCOc1nccc(Cl)c1I. The fourth-order valence-electron chi connectivity index (χ4n) is 0.702. The summed E-state index contributed by atoms with van der Waals surface area (Å²) in [6, 6.07) is 1.75. The van der Waals surface area contributed by atoms with Gasteiger partial charge >= 0.3 is 0 Å². The minimum absolute atomic E-state index is 0.630. The smallest absolute Gasteiger partial charge is 0.228 e. The summed E-state index contributed by atoms with van der Waals surface area (Å²) >= 11 is 7.99. The number of pyridine rings is 1. The third kappa shape index (κ3) is 2.48. The minimum atomic E-state index is 0.630. The first-order chi connectivity index (χ1) is 5.75. The third-order valence-electron chi connectivity index (χ3n) is 1.25. The second-order valence-corrected chi connectivity index (χ2v) is 3.75. The summed E-state index contributed by atoms with van der Waals surface area (Å²) in [5, 5.41) is 0.691. The van der Waals surface area contributed by atoms with Crippen LogP contribution < -0.4 is 4.74 Å². The van der Waals surface area contributed by atoms with E-state index in [9.17, 15) is 0 Å². The number of hydrogen-bond acceptors (Lipinski definition) is 2. The Morgan fingerprint density at radius 2 is 2.42 bits per heavy atom. The number of aromatic nitrogens is 1. The minimum Gasteiger partial charge on any atom is -0.477 e. The van der Waals surface area contributed by atoms with Gasteiger partial charge in [0, 0.05) is 6.20 Å². The van der Waals surface area contributed by atoms with Crippen LogP contribution in [-0.4, -0.2) is 11.6 Å². The summed E-state index contributed by atoms with van der Waals surface area (Å²) in [7, 11) is 0. The average molecular weight is 298 g/mol. The van der Waals surface area contributed by atoms with Gasteiger partial charge in [0.05, 0.1) is 15.2 Å². The van der Waals surface area contributed by atoms with E-state index in [0.717, 1.165) is 9.99 Å². The van der Waals surface area contributed by atoms with E-state index in [0.29, 0.717) is 17.5 Å². The molecule has 0 bridgehead atoms. The lowest BCUT2D eigenvalue weighted by Gasteiger charge is -2.05. The van der Waals surface area contributed by atoms with Gasteiger partial charge in [-0.05, 0) is 35.1 Å². The molecule has 1 heterocycles. The second kappa shape index (κ2) is 4.87. The Morgan fingerprint density at radius 1 is 1.67 bits per heavy atom. The van der Waals surface area contributed by atoms with E-state index in [1.165, 1.54) is 0 Å². The molecular formula is C8H9ClINO. The largest absolute Gasteiger partial charge is 0.477 e. The fraction of sp³-hybridized carbons (Fsp3) is 0.375. The Bertz CT molecular complexity index is 267.